The summed E-state index contributed by atoms with van der Waals surface area (Å²) in [5.74, 6) is 0. The van der Waals surface area contributed by atoms with Crippen molar-refractivity contribution in [3.8, 4) is 6.07 Å². The zero-order chi connectivity index (χ0) is 18.5. The van der Waals surface area contributed by atoms with E-state index in [4.69, 9.17) is 11.6 Å². The maximum absolute atomic E-state index is 10.8. The van der Waals surface area contributed by atoms with Gasteiger partial charge in [0, 0.05) is 42.8 Å². The molecule has 0 radical (unpaired) electrons. The molecule has 1 fully saturated rings. The first-order chi connectivity index (χ1) is 12.5. The van der Waals surface area contributed by atoms with Crippen molar-refractivity contribution < 1.29 is 4.92 Å². The Bertz CT molecular complexity index is 824. The number of nitriles is 1. The molecule has 134 valence electrons. The summed E-state index contributed by atoms with van der Waals surface area (Å²) in [7, 11) is 0. The molecule has 2 aromatic carbocycles. The third-order valence-corrected chi connectivity index (χ3v) is 4.85. The molecule has 0 saturated carbocycles. The molecule has 1 aliphatic heterocycles. The van der Waals surface area contributed by atoms with E-state index in [2.05, 4.69) is 10.2 Å². The minimum atomic E-state index is -0.486. The number of anilines is 1. The molecule has 0 amide bonds. The molecule has 0 spiro atoms. The van der Waals surface area contributed by atoms with Gasteiger partial charge in [-0.1, -0.05) is 23.7 Å². The van der Waals surface area contributed by atoms with Gasteiger partial charge in [-0.05, 0) is 36.6 Å². The summed E-state index contributed by atoms with van der Waals surface area (Å²) in [5.41, 5.74) is 2.14. The highest BCUT2D eigenvalue weighted by molar-refractivity contribution is 6.30. The second-order valence-corrected chi connectivity index (χ2v) is 6.86. The van der Waals surface area contributed by atoms with Gasteiger partial charge in [0.25, 0.3) is 5.69 Å². The Morgan fingerprint density at radius 3 is 2.54 bits per heavy atom. The number of hydrogen-bond acceptors (Lipinski definition) is 5. The van der Waals surface area contributed by atoms with E-state index in [1.807, 2.05) is 30.3 Å². The number of nitrogens with one attached hydrogen (secondary N) is 1. The number of non-ortho nitro benzene ring substituents is 1. The zero-order valence-electron chi connectivity index (χ0n) is 14.2. The lowest BCUT2D eigenvalue weighted by Crippen LogP contribution is -2.38. The van der Waals surface area contributed by atoms with Gasteiger partial charge in [-0.25, -0.2) is 0 Å². The van der Waals surface area contributed by atoms with Crippen molar-refractivity contribution in [2.45, 2.75) is 25.4 Å². The summed E-state index contributed by atoms with van der Waals surface area (Å²) >= 11 is 5.92. The number of hydrogen-bond donors (Lipinski definition) is 1. The van der Waals surface area contributed by atoms with E-state index >= 15 is 0 Å². The van der Waals surface area contributed by atoms with Crippen LogP contribution >= 0.6 is 11.6 Å². The maximum Gasteiger partial charge on any atom is 0.270 e. The fraction of sp³-hybridized carbons (Fsp3) is 0.316. The molecule has 26 heavy (non-hydrogen) atoms. The Labute approximate surface area is 157 Å². The number of benzene rings is 2. The molecule has 3 rings (SSSR count). The van der Waals surface area contributed by atoms with Gasteiger partial charge in [0.05, 0.1) is 16.2 Å². The molecule has 1 N–H and O–H groups in total. The molecular formula is C19H19ClN4O2. The van der Waals surface area contributed by atoms with Gasteiger partial charge in [0.15, 0.2) is 0 Å². The summed E-state index contributed by atoms with van der Waals surface area (Å²) < 4.78 is 0. The first-order valence-electron chi connectivity index (χ1n) is 8.47. The fourth-order valence-corrected chi connectivity index (χ4v) is 3.29. The quantitative estimate of drug-likeness (QED) is 0.630. The van der Waals surface area contributed by atoms with Crippen LogP contribution < -0.4 is 5.32 Å². The van der Waals surface area contributed by atoms with Crippen molar-refractivity contribution in [1.29, 1.82) is 5.26 Å². The van der Waals surface area contributed by atoms with Crippen LogP contribution in [0, 0.1) is 21.4 Å². The monoisotopic (exact) mass is 370 g/mol. The van der Waals surface area contributed by atoms with Crippen LogP contribution in [-0.4, -0.2) is 29.0 Å². The summed E-state index contributed by atoms with van der Waals surface area (Å²) in [6.45, 7) is 2.80. The maximum atomic E-state index is 10.8. The van der Waals surface area contributed by atoms with Crippen molar-refractivity contribution in [3.63, 3.8) is 0 Å². The molecule has 1 aliphatic rings. The van der Waals surface area contributed by atoms with Crippen LogP contribution in [0.3, 0.4) is 0 Å². The number of nitro groups is 1. The average Bonchev–Trinajstić information content (AvgIpc) is 2.65. The average molecular weight is 371 g/mol. The lowest BCUT2D eigenvalue weighted by molar-refractivity contribution is -0.384. The topological polar surface area (TPSA) is 82.2 Å². The van der Waals surface area contributed by atoms with Gasteiger partial charge in [-0.2, -0.15) is 5.26 Å². The van der Waals surface area contributed by atoms with Gasteiger partial charge in [0.2, 0.25) is 0 Å². The van der Waals surface area contributed by atoms with Crippen molar-refractivity contribution in [2.75, 3.05) is 18.4 Å². The number of nitro benzene ring substituents is 1. The van der Waals surface area contributed by atoms with Crippen LogP contribution in [0.25, 0.3) is 0 Å². The molecule has 0 aromatic heterocycles. The van der Waals surface area contributed by atoms with Crippen molar-refractivity contribution in [1.82, 2.24) is 4.90 Å². The molecule has 1 saturated heterocycles. The van der Waals surface area contributed by atoms with Crippen LogP contribution in [0.1, 0.15) is 24.0 Å². The predicted molar refractivity (Wildman–Crippen MR) is 101 cm³/mol. The standard InChI is InChI=1S/C19H19ClN4O2/c20-16-3-1-14(2-4-16)13-23-9-7-17(8-10-23)22-19-6-5-18(24(25)26)11-15(19)12-21/h1-6,11,17,22H,7-10,13H2. The summed E-state index contributed by atoms with van der Waals surface area (Å²) in [5, 5.41) is 24.2. The SMILES string of the molecule is N#Cc1cc([N+](=O)[O-])ccc1NC1CCN(Cc2ccc(Cl)cc2)CC1. The highest BCUT2D eigenvalue weighted by Gasteiger charge is 2.20. The summed E-state index contributed by atoms with van der Waals surface area (Å²) in [4.78, 5) is 12.7. The number of nitrogens with zero attached hydrogens (tertiary/aromatic N) is 3. The van der Waals surface area contributed by atoms with E-state index in [0.29, 0.717) is 11.3 Å². The van der Waals surface area contributed by atoms with E-state index in [-0.39, 0.29) is 11.7 Å². The number of piperidine rings is 1. The first kappa shape index (κ1) is 18.2. The zero-order valence-corrected chi connectivity index (χ0v) is 14.9. The Morgan fingerprint density at radius 1 is 1.23 bits per heavy atom. The number of rotatable bonds is 5. The predicted octanol–water partition coefficient (Wildman–Crippen LogP) is 4.20. The second kappa shape index (κ2) is 8.17. The van der Waals surface area contributed by atoms with Gasteiger partial charge in [-0.3, -0.25) is 15.0 Å². The molecule has 2 aromatic rings. The van der Waals surface area contributed by atoms with Crippen LogP contribution in [0.15, 0.2) is 42.5 Å². The summed E-state index contributed by atoms with van der Waals surface area (Å²) in [6, 6.07) is 14.6. The van der Waals surface area contributed by atoms with Gasteiger partial charge < -0.3 is 5.32 Å². The fourth-order valence-electron chi connectivity index (χ4n) is 3.17. The number of likely N-dealkylation sites (tertiary alicyclic amines) is 1. The van der Waals surface area contributed by atoms with Crippen LogP contribution in [0.2, 0.25) is 5.02 Å². The van der Waals surface area contributed by atoms with Crippen LogP contribution in [-0.2, 0) is 6.54 Å². The van der Waals surface area contributed by atoms with E-state index in [0.717, 1.165) is 37.5 Å². The second-order valence-electron chi connectivity index (χ2n) is 6.42. The van der Waals surface area contributed by atoms with Gasteiger partial charge in [0.1, 0.15) is 6.07 Å². The Hall–Kier alpha value is -2.62. The lowest BCUT2D eigenvalue weighted by Gasteiger charge is -2.33. The molecule has 0 unspecified atom stereocenters. The Morgan fingerprint density at radius 2 is 1.92 bits per heavy atom. The summed E-state index contributed by atoms with van der Waals surface area (Å²) in [6.07, 6.45) is 1.91. The number of halogens is 1. The van der Waals surface area contributed by atoms with Gasteiger partial charge in [-0.15, -0.1) is 0 Å². The van der Waals surface area contributed by atoms with E-state index in [1.54, 1.807) is 6.07 Å². The first-order valence-corrected chi connectivity index (χ1v) is 8.85. The largest absolute Gasteiger partial charge is 0.381 e. The van der Waals surface area contributed by atoms with Crippen molar-refractivity contribution in [2.24, 2.45) is 0 Å². The van der Waals surface area contributed by atoms with Crippen LogP contribution in [0.4, 0.5) is 11.4 Å². The molecule has 0 atom stereocenters. The highest BCUT2D eigenvalue weighted by Crippen LogP contribution is 2.24. The third kappa shape index (κ3) is 4.51. The molecule has 0 bridgehead atoms. The minimum absolute atomic E-state index is 0.0649. The minimum Gasteiger partial charge on any atom is -0.381 e. The van der Waals surface area contributed by atoms with Crippen LogP contribution in [0.5, 0.6) is 0 Å². The van der Waals surface area contributed by atoms with Crippen molar-refractivity contribution in [3.05, 3.63) is 68.7 Å². The molecule has 1 heterocycles. The smallest absolute Gasteiger partial charge is 0.270 e. The normalized spacial score (nSPS) is 15.4. The van der Waals surface area contributed by atoms with Gasteiger partial charge >= 0.3 is 0 Å². The Balaban J connectivity index is 1.56. The lowest BCUT2D eigenvalue weighted by atomic mass is 10.0. The third-order valence-electron chi connectivity index (χ3n) is 4.60. The molecule has 0 aliphatic carbocycles. The van der Waals surface area contributed by atoms with E-state index < -0.39 is 4.92 Å². The van der Waals surface area contributed by atoms with E-state index in [9.17, 15) is 15.4 Å². The van der Waals surface area contributed by atoms with E-state index in [1.165, 1.54) is 17.7 Å². The van der Waals surface area contributed by atoms with Crippen molar-refractivity contribution >= 4 is 23.0 Å². The molecular weight excluding hydrogens is 352 g/mol. The Kier molecular flexibility index (Phi) is 5.71. The molecule has 7 heteroatoms. The molecule has 6 nitrogen and oxygen atoms in total. The highest BCUT2D eigenvalue weighted by atomic mass is 35.5.